The van der Waals surface area contributed by atoms with Crippen molar-refractivity contribution in [2.75, 3.05) is 33.9 Å². The molecule has 1 saturated heterocycles. The summed E-state index contributed by atoms with van der Waals surface area (Å²) in [5.41, 5.74) is 1.22. The van der Waals surface area contributed by atoms with Crippen LogP contribution >= 0.6 is 24.0 Å². The molecule has 0 radical (unpaired) electrons. The number of rotatable bonds is 7. The Kier molecular flexibility index (Phi) is 11.0. The number of benzene rings is 1. The van der Waals surface area contributed by atoms with Crippen molar-refractivity contribution in [2.45, 2.75) is 45.8 Å². The van der Waals surface area contributed by atoms with Crippen LogP contribution in [0, 0.1) is 5.92 Å². The SMILES string of the molecule is CN=C(NCc1ccc(OC(C)C)cc1)N(C)CCC1CCOCC1.I. The zero-order chi connectivity index (χ0) is 18.1. The number of halogens is 1. The van der Waals surface area contributed by atoms with E-state index in [1.54, 1.807) is 0 Å². The lowest BCUT2D eigenvalue weighted by Crippen LogP contribution is -2.39. The van der Waals surface area contributed by atoms with Gasteiger partial charge in [0.1, 0.15) is 5.75 Å². The Labute approximate surface area is 175 Å². The number of nitrogens with zero attached hydrogens (tertiary/aromatic N) is 2. The molecule has 0 bridgehead atoms. The molecule has 6 heteroatoms. The molecule has 1 aliphatic heterocycles. The van der Waals surface area contributed by atoms with E-state index >= 15 is 0 Å². The highest BCUT2D eigenvalue weighted by Gasteiger charge is 2.15. The molecule has 1 fully saturated rings. The van der Waals surface area contributed by atoms with E-state index < -0.39 is 0 Å². The maximum Gasteiger partial charge on any atom is 0.193 e. The fourth-order valence-electron chi connectivity index (χ4n) is 3.04. The summed E-state index contributed by atoms with van der Waals surface area (Å²) in [4.78, 5) is 6.62. The van der Waals surface area contributed by atoms with Crippen molar-refractivity contribution in [2.24, 2.45) is 10.9 Å². The molecule has 0 amide bonds. The summed E-state index contributed by atoms with van der Waals surface area (Å²) in [5.74, 6) is 2.63. The fourth-order valence-corrected chi connectivity index (χ4v) is 3.04. The number of guanidine groups is 1. The first kappa shape index (κ1) is 23.0. The maximum atomic E-state index is 5.68. The Hall–Kier alpha value is -1.02. The lowest BCUT2D eigenvalue weighted by molar-refractivity contribution is 0.0625. The molecule has 2 rings (SSSR count). The highest BCUT2D eigenvalue weighted by Crippen LogP contribution is 2.18. The van der Waals surface area contributed by atoms with Crippen molar-refractivity contribution in [1.29, 1.82) is 0 Å². The van der Waals surface area contributed by atoms with Gasteiger partial charge >= 0.3 is 0 Å². The van der Waals surface area contributed by atoms with Crippen LogP contribution in [-0.2, 0) is 11.3 Å². The number of ether oxygens (including phenoxy) is 2. The average Bonchev–Trinajstić information content (AvgIpc) is 2.62. The number of hydrogen-bond acceptors (Lipinski definition) is 3. The molecule has 1 aromatic rings. The van der Waals surface area contributed by atoms with E-state index in [9.17, 15) is 0 Å². The summed E-state index contributed by atoms with van der Waals surface area (Å²) in [7, 11) is 3.95. The Morgan fingerprint density at radius 1 is 1.27 bits per heavy atom. The van der Waals surface area contributed by atoms with Gasteiger partial charge in [0.05, 0.1) is 6.10 Å². The van der Waals surface area contributed by atoms with Gasteiger partial charge in [0.15, 0.2) is 5.96 Å². The summed E-state index contributed by atoms with van der Waals surface area (Å²) >= 11 is 0. The van der Waals surface area contributed by atoms with Gasteiger partial charge in [0.2, 0.25) is 0 Å². The zero-order valence-electron chi connectivity index (χ0n) is 16.5. The first-order valence-corrected chi connectivity index (χ1v) is 9.33. The second-order valence-corrected chi connectivity index (χ2v) is 6.98. The van der Waals surface area contributed by atoms with E-state index in [0.717, 1.165) is 43.9 Å². The van der Waals surface area contributed by atoms with Crippen LogP contribution in [0.1, 0.15) is 38.7 Å². The van der Waals surface area contributed by atoms with Crippen molar-refractivity contribution < 1.29 is 9.47 Å². The standard InChI is InChI=1S/C20H33N3O2.HI/c1-16(2)25-19-7-5-18(6-8-19)15-22-20(21-3)23(4)12-9-17-10-13-24-14-11-17;/h5-8,16-17H,9-15H2,1-4H3,(H,21,22);1H. The molecule has 1 heterocycles. The second-order valence-electron chi connectivity index (χ2n) is 6.98. The van der Waals surface area contributed by atoms with Gasteiger partial charge in [-0.25, -0.2) is 0 Å². The van der Waals surface area contributed by atoms with Crippen LogP contribution in [0.25, 0.3) is 0 Å². The minimum atomic E-state index is 0. The monoisotopic (exact) mass is 475 g/mol. The molecule has 148 valence electrons. The van der Waals surface area contributed by atoms with Crippen molar-refractivity contribution in [3.8, 4) is 5.75 Å². The third-order valence-electron chi connectivity index (χ3n) is 4.53. The molecule has 0 aromatic heterocycles. The van der Waals surface area contributed by atoms with Crippen LogP contribution in [0.4, 0.5) is 0 Å². The molecule has 5 nitrogen and oxygen atoms in total. The van der Waals surface area contributed by atoms with Crippen molar-refractivity contribution in [1.82, 2.24) is 10.2 Å². The Balaban J connectivity index is 0.00000338. The van der Waals surface area contributed by atoms with Gasteiger partial charge in [-0.1, -0.05) is 12.1 Å². The van der Waals surface area contributed by atoms with Gasteiger partial charge < -0.3 is 19.7 Å². The summed E-state index contributed by atoms with van der Waals surface area (Å²) in [5, 5.41) is 3.44. The minimum Gasteiger partial charge on any atom is -0.491 e. The summed E-state index contributed by atoms with van der Waals surface area (Å²) in [6.07, 6.45) is 3.77. The molecular weight excluding hydrogens is 441 g/mol. The zero-order valence-corrected chi connectivity index (χ0v) is 18.9. The number of aliphatic imine (C=N–C) groups is 1. The first-order chi connectivity index (χ1) is 12.1. The molecule has 26 heavy (non-hydrogen) atoms. The third-order valence-corrected chi connectivity index (χ3v) is 4.53. The fraction of sp³-hybridized carbons (Fsp3) is 0.650. The van der Waals surface area contributed by atoms with E-state index in [2.05, 4.69) is 34.4 Å². The van der Waals surface area contributed by atoms with E-state index in [0.29, 0.717) is 0 Å². The van der Waals surface area contributed by atoms with Crippen LogP contribution in [0.5, 0.6) is 5.75 Å². The Morgan fingerprint density at radius 3 is 2.50 bits per heavy atom. The topological polar surface area (TPSA) is 46.1 Å². The summed E-state index contributed by atoms with van der Waals surface area (Å²) in [6.45, 7) is 7.68. The van der Waals surface area contributed by atoms with Crippen molar-refractivity contribution in [3.05, 3.63) is 29.8 Å². The predicted molar refractivity (Wildman–Crippen MR) is 119 cm³/mol. The van der Waals surface area contributed by atoms with Crippen LogP contribution in [-0.4, -0.2) is 50.8 Å². The largest absolute Gasteiger partial charge is 0.491 e. The van der Waals surface area contributed by atoms with Crippen molar-refractivity contribution >= 4 is 29.9 Å². The lowest BCUT2D eigenvalue weighted by Gasteiger charge is -2.26. The van der Waals surface area contributed by atoms with Crippen molar-refractivity contribution in [3.63, 3.8) is 0 Å². The first-order valence-electron chi connectivity index (χ1n) is 9.33. The van der Waals surface area contributed by atoms with Gasteiger partial charge in [-0.2, -0.15) is 0 Å². The molecule has 0 saturated carbocycles. The van der Waals surface area contributed by atoms with Crippen LogP contribution in [0.15, 0.2) is 29.3 Å². The predicted octanol–water partition coefficient (Wildman–Crippen LogP) is 3.92. The highest BCUT2D eigenvalue weighted by atomic mass is 127. The molecule has 1 N–H and O–H groups in total. The highest BCUT2D eigenvalue weighted by molar-refractivity contribution is 14.0. The summed E-state index contributed by atoms with van der Waals surface area (Å²) < 4.78 is 11.1. The van der Waals surface area contributed by atoms with E-state index in [4.69, 9.17) is 9.47 Å². The molecule has 0 unspecified atom stereocenters. The molecule has 1 aliphatic rings. The normalized spacial score (nSPS) is 15.5. The van der Waals surface area contributed by atoms with Crippen LogP contribution < -0.4 is 10.1 Å². The number of hydrogen-bond donors (Lipinski definition) is 1. The summed E-state index contributed by atoms with van der Waals surface area (Å²) in [6, 6.07) is 8.24. The van der Waals surface area contributed by atoms with E-state index in [1.165, 1.54) is 24.8 Å². The van der Waals surface area contributed by atoms with Crippen LogP contribution in [0.2, 0.25) is 0 Å². The second kappa shape index (κ2) is 12.4. The van der Waals surface area contributed by atoms with E-state index in [-0.39, 0.29) is 30.1 Å². The molecule has 0 spiro atoms. The molecular formula is C20H34IN3O2. The third kappa shape index (κ3) is 8.12. The smallest absolute Gasteiger partial charge is 0.193 e. The van der Waals surface area contributed by atoms with Gasteiger partial charge in [-0.05, 0) is 56.7 Å². The average molecular weight is 475 g/mol. The van der Waals surface area contributed by atoms with Gasteiger partial charge in [-0.15, -0.1) is 24.0 Å². The van der Waals surface area contributed by atoms with Gasteiger partial charge in [0, 0.05) is 40.4 Å². The quantitative estimate of drug-likeness (QED) is 0.369. The van der Waals surface area contributed by atoms with E-state index in [1.807, 2.05) is 33.0 Å². The Bertz CT molecular complexity index is 528. The molecule has 0 aliphatic carbocycles. The number of nitrogens with one attached hydrogen (secondary N) is 1. The minimum absolute atomic E-state index is 0. The van der Waals surface area contributed by atoms with Gasteiger partial charge in [0.25, 0.3) is 0 Å². The van der Waals surface area contributed by atoms with Crippen LogP contribution in [0.3, 0.4) is 0 Å². The van der Waals surface area contributed by atoms with Gasteiger partial charge in [-0.3, -0.25) is 4.99 Å². The maximum absolute atomic E-state index is 5.68. The molecule has 0 atom stereocenters. The lowest BCUT2D eigenvalue weighted by atomic mass is 9.96. The Morgan fingerprint density at radius 2 is 1.92 bits per heavy atom. The molecule has 1 aromatic carbocycles.